The number of ether oxygens (including phenoxy) is 1. The van der Waals surface area contributed by atoms with Crippen LogP contribution in [0, 0.1) is 24.7 Å². The maximum Gasteiger partial charge on any atom is 0.254 e. The number of aromatic nitrogens is 1. The molecule has 0 spiro atoms. The Morgan fingerprint density at radius 1 is 1.32 bits per heavy atom. The molecule has 0 aliphatic heterocycles. The van der Waals surface area contributed by atoms with Gasteiger partial charge in [-0.1, -0.05) is 24.0 Å². The quantitative estimate of drug-likeness (QED) is 0.623. The van der Waals surface area contributed by atoms with Gasteiger partial charge in [0.25, 0.3) is 5.56 Å². The van der Waals surface area contributed by atoms with Crippen molar-refractivity contribution in [3.63, 3.8) is 0 Å². The van der Waals surface area contributed by atoms with Crippen molar-refractivity contribution in [1.82, 2.24) is 4.57 Å². The minimum Gasteiger partial charge on any atom is -0.489 e. The van der Waals surface area contributed by atoms with Crippen molar-refractivity contribution in [3.8, 4) is 17.6 Å². The van der Waals surface area contributed by atoms with Gasteiger partial charge in [-0.05, 0) is 43.5 Å². The van der Waals surface area contributed by atoms with Gasteiger partial charge in [-0.25, -0.2) is 0 Å². The lowest BCUT2D eigenvalue weighted by atomic mass is 10.1. The number of aryl methyl sites for hydroxylation is 1. The van der Waals surface area contributed by atoms with Crippen molar-refractivity contribution in [3.05, 3.63) is 75.3 Å². The van der Waals surface area contributed by atoms with E-state index < -0.39 is 0 Å². The number of nitrogens with zero attached hydrogens (tertiary/aromatic N) is 2. The number of pyridine rings is 1. The standard InChI is InChI=1S/C23H25N3O2/c1-17-11-22(28-16-21(13-24)14-25-2)12-23(27)26(17)15-20-9-7-19(8-10-20)6-5-18-3-4-18/h7-14,18H,3-4,15-16,24H2,1-2H3/b21-13+,25-14?. The topological polar surface area (TPSA) is 69.6 Å². The Balaban J connectivity index is 1.69. The number of hydrogen-bond donors (Lipinski definition) is 1. The summed E-state index contributed by atoms with van der Waals surface area (Å²) in [4.78, 5) is 16.5. The van der Waals surface area contributed by atoms with E-state index >= 15 is 0 Å². The Kier molecular flexibility index (Phi) is 6.33. The molecule has 2 N–H and O–H groups in total. The second-order valence-corrected chi connectivity index (χ2v) is 6.91. The van der Waals surface area contributed by atoms with Crippen LogP contribution in [-0.2, 0) is 6.54 Å². The predicted molar refractivity (Wildman–Crippen MR) is 113 cm³/mol. The lowest BCUT2D eigenvalue weighted by molar-refractivity contribution is 0.355. The highest BCUT2D eigenvalue weighted by Crippen LogP contribution is 2.27. The van der Waals surface area contributed by atoms with E-state index in [4.69, 9.17) is 10.5 Å². The van der Waals surface area contributed by atoms with E-state index in [2.05, 4.69) is 16.8 Å². The molecule has 144 valence electrons. The molecule has 0 saturated heterocycles. The van der Waals surface area contributed by atoms with Crippen molar-refractivity contribution in [2.75, 3.05) is 13.7 Å². The van der Waals surface area contributed by atoms with Crippen LogP contribution in [0.5, 0.6) is 5.75 Å². The fourth-order valence-corrected chi connectivity index (χ4v) is 2.73. The highest BCUT2D eigenvalue weighted by molar-refractivity contribution is 5.78. The van der Waals surface area contributed by atoms with Crippen LogP contribution in [0.1, 0.15) is 29.7 Å². The Morgan fingerprint density at radius 3 is 2.68 bits per heavy atom. The van der Waals surface area contributed by atoms with E-state index in [0.29, 0.717) is 18.2 Å². The summed E-state index contributed by atoms with van der Waals surface area (Å²) in [6.45, 7) is 2.68. The third kappa shape index (κ3) is 5.37. The molecule has 1 aromatic carbocycles. The summed E-state index contributed by atoms with van der Waals surface area (Å²) in [7, 11) is 1.67. The molecule has 0 amide bonds. The summed E-state index contributed by atoms with van der Waals surface area (Å²) >= 11 is 0. The van der Waals surface area contributed by atoms with Gasteiger partial charge in [-0.2, -0.15) is 0 Å². The van der Waals surface area contributed by atoms with Crippen LogP contribution in [-0.4, -0.2) is 24.4 Å². The molecular formula is C23H25N3O2. The van der Waals surface area contributed by atoms with Gasteiger partial charge in [0.15, 0.2) is 0 Å². The van der Waals surface area contributed by atoms with Crippen LogP contribution in [0.2, 0.25) is 0 Å². The van der Waals surface area contributed by atoms with Crippen LogP contribution in [0.3, 0.4) is 0 Å². The Bertz CT molecular complexity index is 1000. The molecule has 3 rings (SSSR count). The van der Waals surface area contributed by atoms with Gasteiger partial charge in [-0.3, -0.25) is 9.79 Å². The molecule has 1 aliphatic rings. The normalized spacial score (nSPS) is 14.0. The summed E-state index contributed by atoms with van der Waals surface area (Å²) in [5.74, 6) is 7.58. The summed E-state index contributed by atoms with van der Waals surface area (Å²) in [5, 5.41) is 0. The highest BCUT2D eigenvalue weighted by Gasteiger charge is 2.17. The van der Waals surface area contributed by atoms with Gasteiger partial charge in [0, 0.05) is 48.3 Å². The number of rotatable bonds is 6. The van der Waals surface area contributed by atoms with Crippen LogP contribution in [0.25, 0.3) is 0 Å². The van der Waals surface area contributed by atoms with E-state index in [1.54, 1.807) is 17.8 Å². The van der Waals surface area contributed by atoms with Crippen LogP contribution in [0.4, 0.5) is 0 Å². The third-order valence-electron chi connectivity index (χ3n) is 4.52. The molecule has 2 aromatic rings. The first kappa shape index (κ1) is 19.5. The second-order valence-electron chi connectivity index (χ2n) is 6.91. The van der Waals surface area contributed by atoms with E-state index in [1.165, 1.54) is 25.1 Å². The molecule has 0 radical (unpaired) electrons. The highest BCUT2D eigenvalue weighted by atomic mass is 16.5. The fourth-order valence-electron chi connectivity index (χ4n) is 2.73. The maximum absolute atomic E-state index is 12.6. The zero-order valence-corrected chi connectivity index (χ0v) is 16.3. The maximum atomic E-state index is 12.6. The van der Waals surface area contributed by atoms with Gasteiger partial charge in [0.1, 0.15) is 12.4 Å². The van der Waals surface area contributed by atoms with Crippen molar-refractivity contribution in [2.24, 2.45) is 16.6 Å². The van der Waals surface area contributed by atoms with E-state index in [9.17, 15) is 4.79 Å². The first-order valence-electron chi connectivity index (χ1n) is 9.36. The minimum absolute atomic E-state index is 0.102. The Labute approximate surface area is 165 Å². The molecule has 1 saturated carbocycles. The number of aliphatic imine (C=N–C) groups is 1. The SMILES string of the molecule is CN=C/C(=C\N)COc1cc(C)n(Cc2ccc(C#CC3CC3)cc2)c(=O)c1. The minimum atomic E-state index is -0.102. The van der Waals surface area contributed by atoms with Gasteiger partial charge >= 0.3 is 0 Å². The zero-order chi connectivity index (χ0) is 19.9. The molecule has 1 aliphatic carbocycles. The summed E-state index contributed by atoms with van der Waals surface area (Å²) < 4.78 is 7.40. The lowest BCUT2D eigenvalue weighted by Gasteiger charge is -2.13. The summed E-state index contributed by atoms with van der Waals surface area (Å²) in [6.07, 6.45) is 5.53. The molecule has 0 atom stereocenters. The predicted octanol–water partition coefficient (Wildman–Crippen LogP) is 2.89. The largest absolute Gasteiger partial charge is 0.489 e. The molecule has 5 heteroatoms. The molecular weight excluding hydrogens is 350 g/mol. The molecule has 1 fully saturated rings. The lowest BCUT2D eigenvalue weighted by Crippen LogP contribution is -2.22. The van der Waals surface area contributed by atoms with Crippen molar-refractivity contribution < 1.29 is 4.74 Å². The van der Waals surface area contributed by atoms with Gasteiger partial charge < -0.3 is 15.0 Å². The number of benzene rings is 1. The van der Waals surface area contributed by atoms with Crippen LogP contribution in [0.15, 0.2) is 58.0 Å². The van der Waals surface area contributed by atoms with Gasteiger partial charge in [0.05, 0.1) is 6.54 Å². The molecule has 5 nitrogen and oxygen atoms in total. The van der Waals surface area contributed by atoms with E-state index in [1.807, 2.05) is 37.3 Å². The first-order chi connectivity index (χ1) is 13.6. The van der Waals surface area contributed by atoms with Crippen LogP contribution < -0.4 is 16.0 Å². The monoisotopic (exact) mass is 375 g/mol. The van der Waals surface area contributed by atoms with Gasteiger partial charge in [0.2, 0.25) is 0 Å². The van der Waals surface area contributed by atoms with Gasteiger partial charge in [-0.15, -0.1) is 0 Å². The van der Waals surface area contributed by atoms with Crippen LogP contribution >= 0.6 is 0 Å². The van der Waals surface area contributed by atoms with E-state index in [0.717, 1.165) is 22.4 Å². The third-order valence-corrected chi connectivity index (χ3v) is 4.52. The number of nitrogens with two attached hydrogens (primary N) is 1. The molecule has 28 heavy (non-hydrogen) atoms. The van der Waals surface area contributed by atoms with Crippen molar-refractivity contribution in [2.45, 2.75) is 26.3 Å². The fraction of sp³-hybridized carbons (Fsp3) is 0.304. The average molecular weight is 375 g/mol. The van der Waals surface area contributed by atoms with Crippen molar-refractivity contribution in [1.29, 1.82) is 0 Å². The molecule has 0 unspecified atom stereocenters. The first-order valence-corrected chi connectivity index (χ1v) is 9.36. The zero-order valence-electron chi connectivity index (χ0n) is 16.3. The second kappa shape index (κ2) is 9.09. The summed E-state index contributed by atoms with van der Waals surface area (Å²) in [6, 6.07) is 11.4. The van der Waals surface area contributed by atoms with Crippen molar-refractivity contribution >= 4 is 6.21 Å². The molecule has 0 bridgehead atoms. The Hall–Kier alpha value is -3.26. The van der Waals surface area contributed by atoms with E-state index in [-0.39, 0.29) is 12.2 Å². The average Bonchev–Trinajstić information content (AvgIpc) is 3.52. The summed E-state index contributed by atoms with van der Waals surface area (Å²) in [5.41, 5.74) is 9.09. The molecule has 1 heterocycles. The molecule has 1 aromatic heterocycles. The number of hydrogen-bond acceptors (Lipinski definition) is 4. The smallest absolute Gasteiger partial charge is 0.254 e. The Morgan fingerprint density at radius 2 is 2.07 bits per heavy atom.